The van der Waals surface area contributed by atoms with Crippen LogP contribution in [0.5, 0.6) is 11.6 Å². The molecule has 1 aliphatic rings. The van der Waals surface area contributed by atoms with Gasteiger partial charge in [-0.15, -0.1) is 0 Å². The molecule has 2 heterocycles. The van der Waals surface area contributed by atoms with Gasteiger partial charge in [0.1, 0.15) is 12.4 Å². The summed E-state index contributed by atoms with van der Waals surface area (Å²) < 4.78 is 16.9. The summed E-state index contributed by atoms with van der Waals surface area (Å²) in [6.45, 7) is 6.03. The van der Waals surface area contributed by atoms with Gasteiger partial charge in [0.25, 0.3) is 5.89 Å². The first-order valence-corrected chi connectivity index (χ1v) is 11.3. The van der Waals surface area contributed by atoms with Crippen LogP contribution < -0.4 is 9.47 Å². The fourth-order valence-electron chi connectivity index (χ4n) is 4.29. The van der Waals surface area contributed by atoms with E-state index < -0.39 is 6.10 Å². The predicted octanol–water partition coefficient (Wildman–Crippen LogP) is 5.10. The molecule has 0 amide bonds. The molecule has 7 nitrogen and oxygen atoms in total. The highest BCUT2D eigenvalue weighted by atomic mass is 16.5. The van der Waals surface area contributed by atoms with Gasteiger partial charge in [-0.3, -0.25) is 0 Å². The van der Waals surface area contributed by atoms with Gasteiger partial charge in [-0.25, -0.2) is 4.98 Å². The van der Waals surface area contributed by atoms with Crippen LogP contribution in [0.2, 0.25) is 0 Å². The Kier molecular flexibility index (Phi) is 6.74. The van der Waals surface area contributed by atoms with Crippen LogP contribution in [-0.2, 0) is 6.42 Å². The molecule has 1 aromatic carbocycles. The van der Waals surface area contributed by atoms with E-state index in [4.69, 9.17) is 14.0 Å². The Morgan fingerprint density at radius 3 is 2.59 bits per heavy atom. The maximum atomic E-state index is 9.57. The Balaban J connectivity index is 1.65. The van der Waals surface area contributed by atoms with Crippen LogP contribution in [0.25, 0.3) is 22.8 Å². The number of methoxy groups -OCH3 is 1. The maximum Gasteiger partial charge on any atom is 0.258 e. The van der Waals surface area contributed by atoms with Gasteiger partial charge in [0.2, 0.25) is 11.7 Å². The number of ether oxygens (including phenoxy) is 2. The fraction of sp³-hybridized carbons (Fsp3) is 0.480. The second-order valence-corrected chi connectivity index (χ2v) is 8.52. The van der Waals surface area contributed by atoms with Crippen LogP contribution in [0.3, 0.4) is 0 Å². The second kappa shape index (κ2) is 9.69. The SMILES string of the molecule is CCc1cc(-c2noc(-c3cc(OC)nc(C4CCCC4)c3)n2)cc(C)c1OC[C@H](C)O. The number of hydrogen-bond donors (Lipinski definition) is 1. The molecule has 4 rings (SSSR count). The van der Waals surface area contributed by atoms with Gasteiger partial charge in [-0.05, 0) is 62.4 Å². The number of pyridine rings is 1. The van der Waals surface area contributed by atoms with Crippen LogP contribution in [0, 0.1) is 6.92 Å². The summed E-state index contributed by atoms with van der Waals surface area (Å²) in [5.41, 5.74) is 4.74. The third-order valence-electron chi connectivity index (χ3n) is 5.94. The quantitative estimate of drug-likeness (QED) is 0.524. The fourth-order valence-corrected chi connectivity index (χ4v) is 4.29. The van der Waals surface area contributed by atoms with Gasteiger partial charge in [0.05, 0.1) is 13.2 Å². The molecular formula is C25H31N3O4. The van der Waals surface area contributed by atoms with Crippen molar-refractivity contribution in [2.45, 2.75) is 64.9 Å². The Labute approximate surface area is 188 Å². The number of nitrogens with zero attached hydrogens (tertiary/aromatic N) is 3. The first kappa shape index (κ1) is 22.3. The lowest BCUT2D eigenvalue weighted by Crippen LogP contribution is -2.14. The van der Waals surface area contributed by atoms with Crippen molar-refractivity contribution in [3.8, 4) is 34.5 Å². The monoisotopic (exact) mass is 437 g/mol. The summed E-state index contributed by atoms with van der Waals surface area (Å²) in [6, 6.07) is 7.90. The number of benzene rings is 1. The third kappa shape index (κ3) is 4.78. The molecule has 0 unspecified atom stereocenters. The van der Waals surface area contributed by atoms with E-state index in [0.717, 1.165) is 53.0 Å². The number of rotatable bonds is 8. The molecule has 0 aliphatic heterocycles. The first-order valence-electron chi connectivity index (χ1n) is 11.3. The van der Waals surface area contributed by atoms with Crippen LogP contribution in [0.15, 0.2) is 28.8 Å². The van der Waals surface area contributed by atoms with Crippen molar-refractivity contribution in [2.24, 2.45) is 0 Å². The second-order valence-electron chi connectivity index (χ2n) is 8.52. The molecule has 0 saturated heterocycles. The minimum absolute atomic E-state index is 0.257. The van der Waals surface area contributed by atoms with Gasteiger partial charge in [0, 0.05) is 28.8 Å². The molecule has 0 spiro atoms. The van der Waals surface area contributed by atoms with Gasteiger partial charge < -0.3 is 19.1 Å². The highest BCUT2D eigenvalue weighted by molar-refractivity contribution is 5.64. The molecule has 3 aromatic rings. The zero-order valence-corrected chi connectivity index (χ0v) is 19.2. The van der Waals surface area contributed by atoms with Crippen LogP contribution >= 0.6 is 0 Å². The molecule has 1 aliphatic carbocycles. The molecule has 0 bridgehead atoms. The summed E-state index contributed by atoms with van der Waals surface area (Å²) in [7, 11) is 1.63. The third-order valence-corrected chi connectivity index (χ3v) is 5.94. The van der Waals surface area contributed by atoms with Crippen molar-refractivity contribution in [2.75, 3.05) is 13.7 Å². The van der Waals surface area contributed by atoms with Crippen molar-refractivity contribution in [1.29, 1.82) is 0 Å². The zero-order chi connectivity index (χ0) is 22.7. The molecular weight excluding hydrogens is 406 g/mol. The molecule has 1 atom stereocenters. The molecule has 1 N–H and O–H groups in total. The van der Waals surface area contributed by atoms with Crippen LogP contribution in [0.1, 0.15) is 62.3 Å². The molecule has 1 saturated carbocycles. The van der Waals surface area contributed by atoms with Crippen molar-refractivity contribution in [3.05, 3.63) is 41.1 Å². The van der Waals surface area contributed by atoms with Crippen LogP contribution in [-0.4, -0.2) is 40.1 Å². The predicted molar refractivity (Wildman–Crippen MR) is 122 cm³/mol. The first-order chi connectivity index (χ1) is 15.5. The minimum Gasteiger partial charge on any atom is -0.490 e. The number of aromatic nitrogens is 3. The zero-order valence-electron chi connectivity index (χ0n) is 19.2. The Morgan fingerprint density at radius 1 is 1.12 bits per heavy atom. The average Bonchev–Trinajstić information content (AvgIpc) is 3.50. The summed E-state index contributed by atoms with van der Waals surface area (Å²) in [5, 5.41) is 13.8. The summed E-state index contributed by atoms with van der Waals surface area (Å²) in [6.07, 6.45) is 5.04. The standard InChI is InChI=1S/C25H31N3O4/c1-5-17-11-19(10-15(2)23(17)31-14-16(3)29)24-27-25(32-28-24)20-12-21(18-8-6-7-9-18)26-22(13-20)30-4/h10-13,16,18,29H,5-9,14H2,1-4H3/t16-/m0/s1. The molecule has 1 fully saturated rings. The highest BCUT2D eigenvalue weighted by Gasteiger charge is 2.22. The van der Waals surface area contributed by atoms with Crippen molar-refractivity contribution in [3.63, 3.8) is 0 Å². The lowest BCUT2D eigenvalue weighted by atomic mass is 10.0. The number of aliphatic hydroxyl groups is 1. The summed E-state index contributed by atoms with van der Waals surface area (Å²) in [5.74, 6) is 2.80. The normalized spacial score (nSPS) is 15.2. The maximum absolute atomic E-state index is 9.57. The summed E-state index contributed by atoms with van der Waals surface area (Å²) in [4.78, 5) is 9.33. The smallest absolute Gasteiger partial charge is 0.258 e. The Bertz CT molecular complexity index is 1070. The highest BCUT2D eigenvalue weighted by Crippen LogP contribution is 2.36. The lowest BCUT2D eigenvalue weighted by molar-refractivity contribution is 0.122. The topological polar surface area (TPSA) is 90.5 Å². The van der Waals surface area contributed by atoms with Gasteiger partial charge in [-0.1, -0.05) is 24.9 Å². The van der Waals surface area contributed by atoms with E-state index in [0.29, 0.717) is 23.5 Å². The Morgan fingerprint density at radius 2 is 1.91 bits per heavy atom. The number of aryl methyl sites for hydroxylation is 2. The number of aliphatic hydroxyl groups excluding tert-OH is 1. The Hall–Kier alpha value is -2.93. The summed E-state index contributed by atoms with van der Waals surface area (Å²) >= 11 is 0. The van der Waals surface area contributed by atoms with E-state index in [-0.39, 0.29) is 6.61 Å². The number of hydrogen-bond acceptors (Lipinski definition) is 7. The van der Waals surface area contributed by atoms with Crippen molar-refractivity contribution < 1.29 is 19.1 Å². The average molecular weight is 438 g/mol. The van der Waals surface area contributed by atoms with Crippen molar-refractivity contribution in [1.82, 2.24) is 15.1 Å². The van der Waals surface area contributed by atoms with E-state index in [9.17, 15) is 5.11 Å². The molecule has 7 heteroatoms. The van der Waals surface area contributed by atoms with Crippen molar-refractivity contribution >= 4 is 0 Å². The van der Waals surface area contributed by atoms with Gasteiger partial charge in [0.15, 0.2) is 0 Å². The van der Waals surface area contributed by atoms with Gasteiger partial charge >= 0.3 is 0 Å². The van der Waals surface area contributed by atoms with Crippen LogP contribution in [0.4, 0.5) is 0 Å². The van der Waals surface area contributed by atoms with E-state index in [2.05, 4.69) is 22.0 Å². The molecule has 170 valence electrons. The van der Waals surface area contributed by atoms with E-state index >= 15 is 0 Å². The minimum atomic E-state index is -0.523. The van der Waals surface area contributed by atoms with E-state index in [1.54, 1.807) is 14.0 Å². The largest absolute Gasteiger partial charge is 0.490 e. The van der Waals surface area contributed by atoms with E-state index in [1.807, 2.05) is 31.2 Å². The van der Waals surface area contributed by atoms with Gasteiger partial charge in [-0.2, -0.15) is 4.98 Å². The molecule has 2 aromatic heterocycles. The lowest BCUT2D eigenvalue weighted by Gasteiger charge is -2.15. The molecule has 32 heavy (non-hydrogen) atoms. The van der Waals surface area contributed by atoms with E-state index in [1.165, 1.54) is 12.8 Å². The molecule has 0 radical (unpaired) electrons.